The molecule has 5 heteroatoms. The molecule has 2 rings (SSSR count). The summed E-state index contributed by atoms with van der Waals surface area (Å²) in [6.07, 6.45) is 2.46. The Morgan fingerprint density at radius 3 is 2.74 bits per heavy atom. The van der Waals surface area contributed by atoms with E-state index in [9.17, 15) is 0 Å². The van der Waals surface area contributed by atoms with Crippen LogP contribution < -0.4 is 11.3 Å². The third kappa shape index (κ3) is 3.76. The fourth-order valence-electron chi connectivity index (χ4n) is 1.91. The number of nitrogens with two attached hydrogens (primary N) is 1. The van der Waals surface area contributed by atoms with Gasteiger partial charge < -0.3 is 0 Å². The van der Waals surface area contributed by atoms with Gasteiger partial charge in [0.2, 0.25) is 0 Å². The summed E-state index contributed by atoms with van der Waals surface area (Å²) in [4.78, 5) is 4.35. The van der Waals surface area contributed by atoms with Crippen LogP contribution in [0.5, 0.6) is 0 Å². The van der Waals surface area contributed by atoms with Gasteiger partial charge in [-0.25, -0.2) is 0 Å². The molecule has 0 aliphatic rings. The molecular weight excluding hydrogens is 326 g/mol. The molecule has 0 spiro atoms. The van der Waals surface area contributed by atoms with Gasteiger partial charge in [0.05, 0.1) is 6.04 Å². The number of hydrazine groups is 1. The number of pyridine rings is 1. The van der Waals surface area contributed by atoms with Crippen LogP contribution in [0.15, 0.2) is 41.0 Å². The van der Waals surface area contributed by atoms with Crippen LogP contribution in [0.25, 0.3) is 0 Å². The third-order valence-electron chi connectivity index (χ3n) is 2.93. The standard InChI is InChI=1S/C14H15BrClN3/c1-9-2-5-12(13(16)6-9)14(19-17)7-11-4-3-10(15)8-18-11/h2-6,8,14,19H,7,17H2,1H3. The first-order valence-electron chi connectivity index (χ1n) is 5.92. The van der Waals surface area contributed by atoms with Crippen molar-refractivity contribution in [2.45, 2.75) is 19.4 Å². The molecule has 1 aromatic carbocycles. The van der Waals surface area contributed by atoms with E-state index in [0.717, 1.165) is 26.3 Å². The van der Waals surface area contributed by atoms with Crippen LogP contribution in [0, 0.1) is 6.92 Å². The lowest BCUT2D eigenvalue weighted by Gasteiger charge is -2.17. The van der Waals surface area contributed by atoms with E-state index in [0.29, 0.717) is 6.42 Å². The number of benzene rings is 1. The average molecular weight is 341 g/mol. The van der Waals surface area contributed by atoms with E-state index < -0.39 is 0 Å². The fraction of sp³-hybridized carbons (Fsp3) is 0.214. The summed E-state index contributed by atoms with van der Waals surface area (Å²) in [7, 11) is 0. The van der Waals surface area contributed by atoms with Gasteiger partial charge in [-0.05, 0) is 52.2 Å². The summed E-state index contributed by atoms with van der Waals surface area (Å²) in [6, 6.07) is 9.85. The van der Waals surface area contributed by atoms with Crippen molar-refractivity contribution in [1.29, 1.82) is 0 Å². The molecule has 0 saturated heterocycles. The molecule has 0 aliphatic heterocycles. The lowest BCUT2D eigenvalue weighted by Crippen LogP contribution is -2.30. The minimum absolute atomic E-state index is 0.0539. The SMILES string of the molecule is Cc1ccc(C(Cc2ccc(Br)cn2)NN)c(Cl)c1. The second-order valence-corrected chi connectivity index (χ2v) is 5.74. The number of hydrogen-bond acceptors (Lipinski definition) is 3. The Hall–Kier alpha value is -0.940. The van der Waals surface area contributed by atoms with Gasteiger partial charge in [-0.15, -0.1) is 0 Å². The van der Waals surface area contributed by atoms with E-state index in [1.54, 1.807) is 6.20 Å². The Morgan fingerprint density at radius 2 is 2.16 bits per heavy atom. The molecule has 0 saturated carbocycles. The number of nitrogens with one attached hydrogen (secondary N) is 1. The molecule has 19 heavy (non-hydrogen) atoms. The summed E-state index contributed by atoms with van der Waals surface area (Å²) in [6.45, 7) is 2.01. The minimum atomic E-state index is -0.0539. The van der Waals surface area contributed by atoms with Crippen molar-refractivity contribution < 1.29 is 0 Å². The molecule has 2 aromatic rings. The van der Waals surface area contributed by atoms with Crippen molar-refractivity contribution in [3.63, 3.8) is 0 Å². The molecule has 100 valence electrons. The maximum absolute atomic E-state index is 6.27. The van der Waals surface area contributed by atoms with Gasteiger partial charge in [0.15, 0.2) is 0 Å². The number of rotatable bonds is 4. The lowest BCUT2D eigenvalue weighted by atomic mass is 10.0. The first kappa shape index (κ1) is 14.5. The van der Waals surface area contributed by atoms with E-state index in [4.69, 9.17) is 17.4 Å². The van der Waals surface area contributed by atoms with Crippen LogP contribution in [-0.2, 0) is 6.42 Å². The van der Waals surface area contributed by atoms with E-state index >= 15 is 0 Å². The van der Waals surface area contributed by atoms with Crippen LogP contribution >= 0.6 is 27.5 Å². The van der Waals surface area contributed by atoms with Gasteiger partial charge in [0, 0.05) is 27.8 Å². The molecule has 0 fully saturated rings. The first-order valence-corrected chi connectivity index (χ1v) is 7.10. The number of aryl methyl sites for hydroxylation is 1. The van der Waals surface area contributed by atoms with Crippen LogP contribution in [0.3, 0.4) is 0 Å². The molecule has 0 radical (unpaired) electrons. The molecule has 3 nitrogen and oxygen atoms in total. The maximum atomic E-state index is 6.27. The summed E-state index contributed by atoms with van der Waals surface area (Å²) in [5, 5.41) is 0.722. The predicted octanol–water partition coefficient (Wildman–Crippen LogP) is 3.55. The highest BCUT2D eigenvalue weighted by atomic mass is 79.9. The highest BCUT2D eigenvalue weighted by molar-refractivity contribution is 9.10. The summed E-state index contributed by atoms with van der Waals surface area (Å²) in [5.74, 6) is 5.64. The Labute approximate surface area is 126 Å². The van der Waals surface area contributed by atoms with Gasteiger partial charge in [0.25, 0.3) is 0 Å². The van der Waals surface area contributed by atoms with Crippen molar-refractivity contribution in [2.75, 3.05) is 0 Å². The summed E-state index contributed by atoms with van der Waals surface area (Å²) < 4.78 is 0.960. The highest BCUT2D eigenvalue weighted by Crippen LogP contribution is 2.26. The predicted molar refractivity (Wildman–Crippen MR) is 81.9 cm³/mol. The van der Waals surface area contributed by atoms with E-state index in [1.165, 1.54) is 0 Å². The monoisotopic (exact) mass is 339 g/mol. The zero-order chi connectivity index (χ0) is 13.8. The van der Waals surface area contributed by atoms with Crippen LogP contribution in [0.1, 0.15) is 22.9 Å². The van der Waals surface area contributed by atoms with Crippen LogP contribution in [-0.4, -0.2) is 4.98 Å². The number of aromatic nitrogens is 1. The maximum Gasteiger partial charge on any atom is 0.0530 e. The molecule has 1 aromatic heterocycles. The number of halogens is 2. The van der Waals surface area contributed by atoms with Gasteiger partial charge in [-0.3, -0.25) is 16.3 Å². The Balaban J connectivity index is 2.22. The zero-order valence-electron chi connectivity index (χ0n) is 10.5. The second kappa shape index (κ2) is 6.48. The molecule has 0 bridgehead atoms. The molecular formula is C14H15BrClN3. The van der Waals surface area contributed by atoms with Crippen molar-refractivity contribution in [1.82, 2.24) is 10.4 Å². The van der Waals surface area contributed by atoms with Gasteiger partial charge in [0.1, 0.15) is 0 Å². The van der Waals surface area contributed by atoms with Gasteiger partial charge in [-0.2, -0.15) is 0 Å². The summed E-state index contributed by atoms with van der Waals surface area (Å²) >= 11 is 9.64. The second-order valence-electron chi connectivity index (χ2n) is 4.42. The Kier molecular flexibility index (Phi) is 4.93. The van der Waals surface area contributed by atoms with Crippen LogP contribution in [0.4, 0.5) is 0 Å². The first-order chi connectivity index (χ1) is 9.10. The Morgan fingerprint density at radius 1 is 1.37 bits per heavy atom. The number of nitrogens with zero attached hydrogens (tertiary/aromatic N) is 1. The van der Waals surface area contributed by atoms with E-state index in [-0.39, 0.29) is 6.04 Å². The van der Waals surface area contributed by atoms with E-state index in [2.05, 4.69) is 26.3 Å². The topological polar surface area (TPSA) is 50.9 Å². The van der Waals surface area contributed by atoms with Crippen molar-refractivity contribution in [3.05, 3.63) is 62.8 Å². The summed E-state index contributed by atoms with van der Waals surface area (Å²) in [5.41, 5.74) is 5.88. The van der Waals surface area contributed by atoms with Gasteiger partial charge in [-0.1, -0.05) is 23.7 Å². The normalized spacial score (nSPS) is 12.4. The molecule has 0 amide bonds. The van der Waals surface area contributed by atoms with Crippen molar-refractivity contribution >= 4 is 27.5 Å². The molecule has 0 aliphatic carbocycles. The average Bonchev–Trinajstić information content (AvgIpc) is 2.39. The Bertz CT molecular complexity index is 557. The van der Waals surface area contributed by atoms with Crippen molar-refractivity contribution in [3.8, 4) is 0 Å². The molecule has 1 unspecified atom stereocenters. The lowest BCUT2D eigenvalue weighted by molar-refractivity contribution is 0.546. The third-order valence-corrected chi connectivity index (χ3v) is 3.73. The minimum Gasteiger partial charge on any atom is -0.271 e. The quantitative estimate of drug-likeness (QED) is 0.661. The smallest absolute Gasteiger partial charge is 0.0530 e. The van der Waals surface area contributed by atoms with Crippen molar-refractivity contribution in [2.24, 2.45) is 5.84 Å². The molecule has 1 atom stereocenters. The number of hydrogen-bond donors (Lipinski definition) is 2. The van der Waals surface area contributed by atoms with Gasteiger partial charge >= 0.3 is 0 Å². The zero-order valence-corrected chi connectivity index (χ0v) is 12.9. The van der Waals surface area contributed by atoms with E-state index in [1.807, 2.05) is 37.3 Å². The van der Waals surface area contributed by atoms with Crippen LogP contribution in [0.2, 0.25) is 5.02 Å². The molecule has 3 N–H and O–H groups in total. The largest absolute Gasteiger partial charge is 0.271 e. The highest BCUT2D eigenvalue weighted by Gasteiger charge is 2.14. The fourth-order valence-corrected chi connectivity index (χ4v) is 2.51. The molecule has 1 heterocycles.